The fourth-order valence-corrected chi connectivity index (χ4v) is 2.33. The lowest BCUT2D eigenvalue weighted by Gasteiger charge is -2.16. The molecule has 2 N–H and O–H groups in total. The van der Waals surface area contributed by atoms with Crippen molar-refractivity contribution < 1.29 is 4.39 Å². The van der Waals surface area contributed by atoms with Gasteiger partial charge in [-0.3, -0.25) is 4.98 Å². The molecule has 0 aliphatic heterocycles. The zero-order chi connectivity index (χ0) is 12.7. The van der Waals surface area contributed by atoms with Gasteiger partial charge in [-0.1, -0.05) is 13.8 Å². The van der Waals surface area contributed by atoms with Gasteiger partial charge in [-0.05, 0) is 37.5 Å². The van der Waals surface area contributed by atoms with E-state index < -0.39 is 0 Å². The minimum absolute atomic E-state index is 0.235. The average molecular weight is 232 g/mol. The normalized spacial score (nSPS) is 11.4. The Morgan fingerprint density at radius 3 is 2.47 bits per heavy atom. The van der Waals surface area contributed by atoms with Crippen molar-refractivity contribution in [3.8, 4) is 0 Å². The number of nitrogens with two attached hydrogens (primary N) is 1. The van der Waals surface area contributed by atoms with Crippen LogP contribution in [-0.2, 0) is 0 Å². The van der Waals surface area contributed by atoms with E-state index in [9.17, 15) is 4.39 Å². The molecule has 1 aromatic heterocycles. The molecule has 0 saturated carbocycles. The van der Waals surface area contributed by atoms with Crippen molar-refractivity contribution in [3.05, 3.63) is 34.8 Å². The third-order valence-corrected chi connectivity index (χ3v) is 3.19. The van der Waals surface area contributed by atoms with Gasteiger partial charge in [0.05, 0.1) is 5.52 Å². The summed E-state index contributed by atoms with van der Waals surface area (Å²) in [4.78, 5) is 4.50. The molecule has 0 bridgehead atoms. The second kappa shape index (κ2) is 3.99. The van der Waals surface area contributed by atoms with Gasteiger partial charge in [0.15, 0.2) is 0 Å². The SMILES string of the molecule is Cc1nc2c(C)c(F)ccc2c(N)c1C(C)C. The van der Waals surface area contributed by atoms with Gasteiger partial charge < -0.3 is 5.73 Å². The Morgan fingerprint density at radius 1 is 1.24 bits per heavy atom. The summed E-state index contributed by atoms with van der Waals surface area (Å²) in [6.45, 7) is 7.83. The maximum atomic E-state index is 13.5. The summed E-state index contributed by atoms with van der Waals surface area (Å²) in [5.74, 6) is 0.0818. The number of pyridine rings is 1. The van der Waals surface area contributed by atoms with Crippen LogP contribution in [0, 0.1) is 19.7 Å². The fourth-order valence-electron chi connectivity index (χ4n) is 2.33. The summed E-state index contributed by atoms with van der Waals surface area (Å²) >= 11 is 0. The van der Waals surface area contributed by atoms with E-state index in [4.69, 9.17) is 5.73 Å². The molecule has 0 unspecified atom stereocenters. The molecule has 0 fully saturated rings. The Bertz CT molecular complexity index is 589. The minimum Gasteiger partial charge on any atom is -0.398 e. The first-order valence-electron chi connectivity index (χ1n) is 5.78. The molecule has 90 valence electrons. The monoisotopic (exact) mass is 232 g/mol. The second-order valence-electron chi connectivity index (χ2n) is 4.75. The highest BCUT2D eigenvalue weighted by atomic mass is 19.1. The molecule has 2 aromatic rings. The lowest BCUT2D eigenvalue weighted by atomic mass is 9.96. The number of rotatable bonds is 1. The Balaban J connectivity index is 2.91. The standard InChI is InChI=1S/C14H17FN2/c1-7(2)12-9(4)17-14-8(3)11(15)6-5-10(14)13(12)16/h5-7H,1-4H3,(H2,16,17). The van der Waals surface area contributed by atoms with Crippen LogP contribution in [0.4, 0.5) is 10.1 Å². The van der Waals surface area contributed by atoms with E-state index in [2.05, 4.69) is 18.8 Å². The Labute approximate surface area is 101 Å². The molecule has 0 saturated heterocycles. The highest BCUT2D eigenvalue weighted by molar-refractivity contribution is 5.94. The highest BCUT2D eigenvalue weighted by Gasteiger charge is 2.15. The average Bonchev–Trinajstić information content (AvgIpc) is 2.23. The van der Waals surface area contributed by atoms with Crippen molar-refractivity contribution in [3.63, 3.8) is 0 Å². The van der Waals surface area contributed by atoms with Crippen molar-refractivity contribution in [1.29, 1.82) is 0 Å². The van der Waals surface area contributed by atoms with Gasteiger partial charge in [0.2, 0.25) is 0 Å². The van der Waals surface area contributed by atoms with E-state index in [1.54, 1.807) is 13.0 Å². The topological polar surface area (TPSA) is 38.9 Å². The van der Waals surface area contributed by atoms with E-state index in [-0.39, 0.29) is 5.82 Å². The Hall–Kier alpha value is -1.64. The minimum atomic E-state index is -0.235. The molecule has 0 aliphatic rings. The molecule has 0 atom stereocenters. The largest absolute Gasteiger partial charge is 0.398 e. The van der Waals surface area contributed by atoms with Crippen LogP contribution in [0.25, 0.3) is 10.9 Å². The van der Waals surface area contributed by atoms with Gasteiger partial charge >= 0.3 is 0 Å². The summed E-state index contributed by atoms with van der Waals surface area (Å²) < 4.78 is 13.5. The lowest BCUT2D eigenvalue weighted by molar-refractivity contribution is 0.620. The third-order valence-electron chi connectivity index (χ3n) is 3.19. The van der Waals surface area contributed by atoms with Crippen LogP contribution in [0.1, 0.15) is 36.6 Å². The summed E-state index contributed by atoms with van der Waals surface area (Å²) in [5.41, 5.74) is 10.1. The van der Waals surface area contributed by atoms with E-state index in [0.717, 1.165) is 22.3 Å². The van der Waals surface area contributed by atoms with Gasteiger partial charge in [-0.2, -0.15) is 0 Å². The number of nitrogen functional groups attached to an aromatic ring is 1. The number of aromatic nitrogens is 1. The van der Waals surface area contributed by atoms with Crippen LogP contribution in [0.15, 0.2) is 12.1 Å². The Morgan fingerprint density at radius 2 is 1.88 bits per heavy atom. The molecular weight excluding hydrogens is 215 g/mol. The van der Waals surface area contributed by atoms with E-state index in [1.807, 2.05) is 6.92 Å². The van der Waals surface area contributed by atoms with Gasteiger partial charge in [-0.15, -0.1) is 0 Å². The highest BCUT2D eigenvalue weighted by Crippen LogP contribution is 2.32. The summed E-state index contributed by atoms with van der Waals surface area (Å²) in [5, 5.41) is 0.846. The number of hydrogen-bond donors (Lipinski definition) is 1. The number of nitrogens with zero attached hydrogens (tertiary/aromatic N) is 1. The zero-order valence-corrected chi connectivity index (χ0v) is 10.6. The van der Waals surface area contributed by atoms with E-state index in [1.165, 1.54) is 6.07 Å². The second-order valence-corrected chi connectivity index (χ2v) is 4.75. The number of anilines is 1. The third kappa shape index (κ3) is 1.75. The summed E-state index contributed by atoms with van der Waals surface area (Å²) in [6.07, 6.45) is 0. The van der Waals surface area contributed by atoms with Gasteiger partial charge in [-0.25, -0.2) is 4.39 Å². The van der Waals surface area contributed by atoms with E-state index in [0.29, 0.717) is 17.0 Å². The number of fused-ring (bicyclic) bond motifs is 1. The maximum absolute atomic E-state index is 13.5. The molecule has 3 heteroatoms. The number of benzene rings is 1. The predicted molar refractivity (Wildman–Crippen MR) is 69.7 cm³/mol. The molecule has 2 rings (SSSR count). The smallest absolute Gasteiger partial charge is 0.128 e. The zero-order valence-electron chi connectivity index (χ0n) is 10.6. The molecule has 2 nitrogen and oxygen atoms in total. The fraction of sp³-hybridized carbons (Fsp3) is 0.357. The molecule has 1 heterocycles. The first kappa shape index (κ1) is 11.8. The predicted octanol–water partition coefficient (Wildman–Crippen LogP) is 3.70. The molecular formula is C14H17FN2. The lowest BCUT2D eigenvalue weighted by Crippen LogP contribution is -2.04. The van der Waals surface area contributed by atoms with Crippen molar-refractivity contribution in [2.45, 2.75) is 33.6 Å². The molecule has 17 heavy (non-hydrogen) atoms. The molecule has 0 aliphatic carbocycles. The van der Waals surface area contributed by atoms with Crippen LogP contribution < -0.4 is 5.73 Å². The van der Waals surface area contributed by atoms with Crippen molar-refractivity contribution in [2.24, 2.45) is 0 Å². The van der Waals surface area contributed by atoms with Gasteiger partial charge in [0, 0.05) is 22.3 Å². The van der Waals surface area contributed by atoms with Crippen LogP contribution in [0.3, 0.4) is 0 Å². The molecule has 0 amide bonds. The van der Waals surface area contributed by atoms with Crippen LogP contribution in [0.5, 0.6) is 0 Å². The molecule has 0 radical (unpaired) electrons. The van der Waals surface area contributed by atoms with Gasteiger partial charge in [0.1, 0.15) is 5.82 Å². The van der Waals surface area contributed by atoms with E-state index >= 15 is 0 Å². The first-order valence-corrected chi connectivity index (χ1v) is 5.78. The van der Waals surface area contributed by atoms with Crippen molar-refractivity contribution in [2.75, 3.05) is 5.73 Å². The van der Waals surface area contributed by atoms with Crippen molar-refractivity contribution in [1.82, 2.24) is 4.98 Å². The molecule has 0 spiro atoms. The number of halogens is 1. The van der Waals surface area contributed by atoms with Crippen LogP contribution >= 0.6 is 0 Å². The quantitative estimate of drug-likeness (QED) is 0.814. The van der Waals surface area contributed by atoms with Gasteiger partial charge in [0.25, 0.3) is 0 Å². The van der Waals surface area contributed by atoms with Crippen molar-refractivity contribution >= 4 is 16.6 Å². The molecule has 1 aromatic carbocycles. The summed E-state index contributed by atoms with van der Waals surface area (Å²) in [7, 11) is 0. The maximum Gasteiger partial charge on any atom is 0.128 e. The Kier molecular flexibility index (Phi) is 2.77. The number of aryl methyl sites for hydroxylation is 2. The van der Waals surface area contributed by atoms with Crippen LogP contribution in [-0.4, -0.2) is 4.98 Å². The number of hydrogen-bond acceptors (Lipinski definition) is 2. The first-order chi connectivity index (χ1) is 7.93. The summed E-state index contributed by atoms with van der Waals surface area (Å²) in [6, 6.07) is 3.17. The van der Waals surface area contributed by atoms with Crippen LogP contribution in [0.2, 0.25) is 0 Å².